The minimum Gasteiger partial charge on any atom is -0.338 e. The standard InChI is InChI=1S/C11H17N3/c1-9-7-12-11(13-8-9)14-6-4-3-5-10(14)2/h7-8,10H,3-6H2,1-2H3. The first kappa shape index (κ1) is 9.44. The van der Waals surface area contributed by atoms with E-state index in [1.165, 1.54) is 19.3 Å². The molecular formula is C11H17N3. The summed E-state index contributed by atoms with van der Waals surface area (Å²) in [7, 11) is 0. The largest absolute Gasteiger partial charge is 0.338 e. The molecule has 1 fully saturated rings. The first-order valence-corrected chi connectivity index (χ1v) is 5.32. The first-order valence-electron chi connectivity index (χ1n) is 5.32. The number of rotatable bonds is 1. The van der Waals surface area contributed by atoms with Crippen molar-refractivity contribution in [2.45, 2.75) is 39.2 Å². The monoisotopic (exact) mass is 191 g/mol. The number of hydrogen-bond acceptors (Lipinski definition) is 3. The number of nitrogens with zero attached hydrogens (tertiary/aromatic N) is 3. The van der Waals surface area contributed by atoms with E-state index in [9.17, 15) is 0 Å². The molecule has 0 bridgehead atoms. The molecule has 0 aromatic carbocycles. The Morgan fingerprint density at radius 2 is 2.00 bits per heavy atom. The highest BCUT2D eigenvalue weighted by Crippen LogP contribution is 2.20. The molecule has 1 saturated heterocycles. The van der Waals surface area contributed by atoms with Gasteiger partial charge in [0, 0.05) is 25.0 Å². The van der Waals surface area contributed by atoms with E-state index in [0.29, 0.717) is 6.04 Å². The van der Waals surface area contributed by atoms with Gasteiger partial charge in [-0.1, -0.05) is 0 Å². The summed E-state index contributed by atoms with van der Waals surface area (Å²) in [6.45, 7) is 5.37. The van der Waals surface area contributed by atoms with Crippen LogP contribution >= 0.6 is 0 Å². The van der Waals surface area contributed by atoms with Crippen molar-refractivity contribution in [2.24, 2.45) is 0 Å². The summed E-state index contributed by atoms with van der Waals surface area (Å²) < 4.78 is 0. The fraction of sp³-hybridized carbons (Fsp3) is 0.636. The van der Waals surface area contributed by atoms with E-state index >= 15 is 0 Å². The Bertz CT molecular complexity index is 294. The Balaban J connectivity index is 2.16. The van der Waals surface area contributed by atoms with Crippen molar-refractivity contribution in [1.82, 2.24) is 9.97 Å². The van der Waals surface area contributed by atoms with E-state index in [-0.39, 0.29) is 0 Å². The lowest BCUT2D eigenvalue weighted by atomic mass is 10.0. The predicted octanol–water partition coefficient (Wildman–Crippen LogP) is 2.16. The van der Waals surface area contributed by atoms with Crippen LogP contribution in [-0.2, 0) is 0 Å². The van der Waals surface area contributed by atoms with Gasteiger partial charge < -0.3 is 4.90 Å². The Morgan fingerprint density at radius 3 is 2.64 bits per heavy atom. The van der Waals surface area contributed by atoms with Crippen LogP contribution in [0.25, 0.3) is 0 Å². The molecular weight excluding hydrogens is 174 g/mol. The Kier molecular flexibility index (Phi) is 2.66. The number of anilines is 1. The second kappa shape index (κ2) is 3.95. The third kappa shape index (κ3) is 1.86. The molecule has 1 aliphatic heterocycles. The van der Waals surface area contributed by atoms with Crippen molar-refractivity contribution in [3.05, 3.63) is 18.0 Å². The molecule has 14 heavy (non-hydrogen) atoms. The molecule has 1 unspecified atom stereocenters. The summed E-state index contributed by atoms with van der Waals surface area (Å²) >= 11 is 0. The maximum Gasteiger partial charge on any atom is 0.225 e. The normalized spacial score (nSPS) is 22.4. The van der Waals surface area contributed by atoms with Crippen molar-refractivity contribution in [2.75, 3.05) is 11.4 Å². The molecule has 3 heteroatoms. The topological polar surface area (TPSA) is 29.0 Å². The lowest BCUT2D eigenvalue weighted by Gasteiger charge is -2.33. The molecule has 76 valence electrons. The molecule has 0 amide bonds. The van der Waals surface area contributed by atoms with Crippen molar-refractivity contribution in [3.8, 4) is 0 Å². The summed E-state index contributed by atoms with van der Waals surface area (Å²) in [6, 6.07) is 0.589. The van der Waals surface area contributed by atoms with Gasteiger partial charge in [0.2, 0.25) is 5.95 Å². The summed E-state index contributed by atoms with van der Waals surface area (Å²) in [4.78, 5) is 11.0. The minimum atomic E-state index is 0.589. The maximum atomic E-state index is 4.37. The van der Waals surface area contributed by atoms with Gasteiger partial charge >= 0.3 is 0 Å². The van der Waals surface area contributed by atoms with Crippen LogP contribution in [0.15, 0.2) is 12.4 Å². The van der Waals surface area contributed by atoms with Crippen LogP contribution in [0.5, 0.6) is 0 Å². The molecule has 1 aromatic rings. The van der Waals surface area contributed by atoms with E-state index in [2.05, 4.69) is 21.8 Å². The highest BCUT2D eigenvalue weighted by Gasteiger charge is 2.19. The Labute approximate surface area is 85.2 Å². The summed E-state index contributed by atoms with van der Waals surface area (Å²) in [5.41, 5.74) is 1.12. The maximum absolute atomic E-state index is 4.37. The van der Waals surface area contributed by atoms with Crippen LogP contribution < -0.4 is 4.90 Å². The van der Waals surface area contributed by atoms with E-state index in [0.717, 1.165) is 18.1 Å². The summed E-state index contributed by atoms with van der Waals surface area (Å²) in [5.74, 6) is 0.891. The quantitative estimate of drug-likeness (QED) is 0.681. The smallest absolute Gasteiger partial charge is 0.225 e. The first-order chi connectivity index (χ1) is 6.77. The number of hydrogen-bond donors (Lipinski definition) is 0. The van der Waals surface area contributed by atoms with Gasteiger partial charge in [0.1, 0.15) is 0 Å². The zero-order valence-electron chi connectivity index (χ0n) is 8.90. The van der Waals surface area contributed by atoms with E-state index < -0.39 is 0 Å². The van der Waals surface area contributed by atoms with E-state index in [4.69, 9.17) is 0 Å². The predicted molar refractivity (Wildman–Crippen MR) is 57.4 cm³/mol. The zero-order valence-corrected chi connectivity index (χ0v) is 8.90. The molecule has 0 radical (unpaired) electrons. The molecule has 1 aromatic heterocycles. The lowest BCUT2D eigenvalue weighted by molar-refractivity contribution is 0.477. The van der Waals surface area contributed by atoms with Crippen molar-refractivity contribution in [1.29, 1.82) is 0 Å². The molecule has 2 rings (SSSR count). The molecule has 1 aliphatic rings. The minimum absolute atomic E-state index is 0.589. The van der Waals surface area contributed by atoms with Gasteiger partial charge in [-0.05, 0) is 38.7 Å². The Hall–Kier alpha value is -1.12. The van der Waals surface area contributed by atoms with Gasteiger partial charge in [0.15, 0.2) is 0 Å². The van der Waals surface area contributed by atoms with Crippen molar-refractivity contribution >= 4 is 5.95 Å². The van der Waals surface area contributed by atoms with Crippen LogP contribution in [0, 0.1) is 6.92 Å². The summed E-state index contributed by atoms with van der Waals surface area (Å²) in [5, 5.41) is 0. The molecule has 2 heterocycles. The van der Waals surface area contributed by atoms with Crippen LogP contribution in [0.3, 0.4) is 0 Å². The highest BCUT2D eigenvalue weighted by atomic mass is 15.3. The average Bonchev–Trinajstić information content (AvgIpc) is 2.20. The summed E-state index contributed by atoms with van der Waals surface area (Å²) in [6.07, 6.45) is 7.65. The van der Waals surface area contributed by atoms with E-state index in [1.54, 1.807) is 0 Å². The van der Waals surface area contributed by atoms with Gasteiger partial charge in [0.25, 0.3) is 0 Å². The molecule has 0 aliphatic carbocycles. The van der Waals surface area contributed by atoms with Gasteiger partial charge in [-0.15, -0.1) is 0 Å². The average molecular weight is 191 g/mol. The third-order valence-corrected chi connectivity index (χ3v) is 2.83. The number of aryl methyl sites for hydroxylation is 1. The molecule has 0 saturated carbocycles. The fourth-order valence-electron chi connectivity index (χ4n) is 1.93. The Morgan fingerprint density at radius 1 is 1.29 bits per heavy atom. The van der Waals surface area contributed by atoms with Gasteiger partial charge in [-0.3, -0.25) is 0 Å². The van der Waals surface area contributed by atoms with Crippen LogP contribution in [-0.4, -0.2) is 22.6 Å². The lowest BCUT2D eigenvalue weighted by Crippen LogP contribution is -2.38. The number of aromatic nitrogens is 2. The van der Waals surface area contributed by atoms with Crippen molar-refractivity contribution in [3.63, 3.8) is 0 Å². The molecule has 1 atom stereocenters. The molecule has 3 nitrogen and oxygen atoms in total. The highest BCUT2D eigenvalue weighted by molar-refractivity contribution is 5.31. The molecule has 0 N–H and O–H groups in total. The zero-order chi connectivity index (χ0) is 9.97. The van der Waals surface area contributed by atoms with Gasteiger partial charge in [-0.2, -0.15) is 0 Å². The van der Waals surface area contributed by atoms with Crippen LogP contribution in [0.4, 0.5) is 5.95 Å². The van der Waals surface area contributed by atoms with E-state index in [1.807, 2.05) is 19.3 Å². The molecule has 0 spiro atoms. The van der Waals surface area contributed by atoms with Crippen molar-refractivity contribution < 1.29 is 0 Å². The van der Waals surface area contributed by atoms with Gasteiger partial charge in [0.05, 0.1) is 0 Å². The number of piperidine rings is 1. The van der Waals surface area contributed by atoms with Crippen LogP contribution in [0.2, 0.25) is 0 Å². The van der Waals surface area contributed by atoms with Crippen LogP contribution in [0.1, 0.15) is 31.7 Å². The second-order valence-electron chi connectivity index (χ2n) is 4.10. The SMILES string of the molecule is Cc1cnc(N2CCCCC2C)nc1. The third-order valence-electron chi connectivity index (χ3n) is 2.83. The van der Waals surface area contributed by atoms with Gasteiger partial charge in [-0.25, -0.2) is 9.97 Å². The second-order valence-corrected chi connectivity index (χ2v) is 4.10. The fourth-order valence-corrected chi connectivity index (χ4v) is 1.93.